The van der Waals surface area contributed by atoms with Gasteiger partial charge in [0.25, 0.3) is 0 Å². The molecule has 3 heterocycles. The molecule has 5 rings (SSSR count). The highest BCUT2D eigenvalue weighted by Crippen LogP contribution is 2.33. The quantitative estimate of drug-likeness (QED) is 0.221. The molecule has 0 saturated heterocycles. The van der Waals surface area contributed by atoms with Crippen molar-refractivity contribution in [3.63, 3.8) is 0 Å². The maximum Gasteiger partial charge on any atom is 0.324 e. The second kappa shape index (κ2) is 10.6. The Balaban J connectivity index is 1.41. The molecule has 3 N–H and O–H groups in total. The van der Waals surface area contributed by atoms with E-state index < -0.39 is 11.8 Å². The molecule has 0 aliphatic carbocycles. The zero-order chi connectivity index (χ0) is 29.5. The number of rotatable bonds is 6. The van der Waals surface area contributed by atoms with Gasteiger partial charge in [-0.1, -0.05) is 52.8 Å². The van der Waals surface area contributed by atoms with Gasteiger partial charge in [-0.15, -0.1) is 0 Å². The predicted molar refractivity (Wildman–Crippen MR) is 160 cm³/mol. The number of nitrogens with one attached hydrogen (secondary N) is 3. The molecular weight excluding hydrogens is 521 g/mol. The molecule has 0 saturated carbocycles. The first-order valence-corrected chi connectivity index (χ1v) is 13.4. The smallest absolute Gasteiger partial charge is 0.324 e. The van der Waals surface area contributed by atoms with Gasteiger partial charge in [-0.3, -0.25) is 5.32 Å². The maximum absolute atomic E-state index is 15.3. The Morgan fingerprint density at radius 1 is 0.976 bits per heavy atom. The van der Waals surface area contributed by atoms with Crippen molar-refractivity contribution in [3.05, 3.63) is 71.9 Å². The first kappa shape index (κ1) is 27.8. The zero-order valence-electron chi connectivity index (χ0n) is 24.2. The topological polar surface area (TPSA) is 115 Å². The summed E-state index contributed by atoms with van der Waals surface area (Å²) in [5, 5.41) is 18.5. The Labute approximate surface area is 238 Å². The fourth-order valence-corrected chi connectivity index (χ4v) is 4.55. The minimum Gasteiger partial charge on any atom is -0.372 e. The van der Waals surface area contributed by atoms with E-state index in [9.17, 15) is 4.79 Å². The van der Waals surface area contributed by atoms with Gasteiger partial charge < -0.3 is 10.6 Å². The summed E-state index contributed by atoms with van der Waals surface area (Å²) < 4.78 is 18.6. The normalized spacial score (nSPS) is 11.7. The molecule has 10 nitrogen and oxygen atoms in total. The fraction of sp³-hybridized carbons (Fsp3) is 0.300. The Morgan fingerprint density at radius 3 is 2.34 bits per heavy atom. The lowest BCUT2D eigenvalue weighted by Crippen LogP contribution is -2.22. The van der Waals surface area contributed by atoms with Crippen molar-refractivity contribution < 1.29 is 9.18 Å². The van der Waals surface area contributed by atoms with Crippen LogP contribution in [0.1, 0.15) is 51.8 Å². The van der Waals surface area contributed by atoms with E-state index in [0.29, 0.717) is 39.8 Å². The van der Waals surface area contributed by atoms with Crippen LogP contribution >= 0.6 is 0 Å². The van der Waals surface area contributed by atoms with Gasteiger partial charge in [0.05, 0.1) is 22.5 Å². The number of hydrogen-bond acceptors (Lipinski definition) is 6. The SMILES string of the molecule is CNc1ncnc2c1c(-c1ccc(NC(=O)Nc3cc(C(C)(C)C)nn3-c3ccc(C(C)C)cc3)c(F)c1)nn2C. The highest BCUT2D eigenvalue weighted by Gasteiger charge is 2.22. The van der Waals surface area contributed by atoms with Gasteiger partial charge in [0, 0.05) is 31.1 Å². The summed E-state index contributed by atoms with van der Waals surface area (Å²) in [6, 6.07) is 13.8. The molecular formula is C30H34FN9O. The summed E-state index contributed by atoms with van der Waals surface area (Å²) in [7, 11) is 3.52. The van der Waals surface area contributed by atoms with E-state index in [2.05, 4.69) is 77.8 Å². The van der Waals surface area contributed by atoms with Crippen LogP contribution < -0.4 is 16.0 Å². The summed E-state index contributed by atoms with van der Waals surface area (Å²) in [6.45, 7) is 10.4. The summed E-state index contributed by atoms with van der Waals surface area (Å²) in [4.78, 5) is 21.6. The number of aryl methyl sites for hydroxylation is 1. The average Bonchev–Trinajstić information content (AvgIpc) is 3.51. The van der Waals surface area contributed by atoms with E-state index in [1.807, 2.05) is 18.2 Å². The third kappa shape index (κ3) is 5.47. The molecule has 11 heteroatoms. The molecule has 0 unspecified atom stereocenters. The van der Waals surface area contributed by atoms with E-state index in [4.69, 9.17) is 5.10 Å². The molecule has 0 spiro atoms. The van der Waals surface area contributed by atoms with E-state index in [1.165, 1.54) is 24.0 Å². The van der Waals surface area contributed by atoms with Crippen LogP contribution in [0, 0.1) is 5.82 Å². The Hall–Kier alpha value is -4.80. The summed E-state index contributed by atoms with van der Waals surface area (Å²) in [6.07, 6.45) is 1.45. The second-order valence-corrected chi connectivity index (χ2v) is 11.2. The lowest BCUT2D eigenvalue weighted by atomic mass is 9.92. The van der Waals surface area contributed by atoms with Gasteiger partial charge >= 0.3 is 6.03 Å². The molecule has 212 valence electrons. The van der Waals surface area contributed by atoms with E-state index in [1.54, 1.807) is 29.5 Å². The number of carbonyl (C=O) groups is 1. The van der Waals surface area contributed by atoms with Crippen LogP contribution in [0.15, 0.2) is 54.9 Å². The predicted octanol–water partition coefficient (Wildman–Crippen LogP) is 6.46. The molecule has 0 atom stereocenters. The summed E-state index contributed by atoms with van der Waals surface area (Å²) in [5.74, 6) is 0.852. The van der Waals surface area contributed by atoms with E-state index in [-0.39, 0.29) is 11.1 Å². The van der Waals surface area contributed by atoms with E-state index >= 15 is 4.39 Å². The molecule has 2 amide bonds. The lowest BCUT2D eigenvalue weighted by Gasteiger charge is -2.14. The van der Waals surface area contributed by atoms with Gasteiger partial charge in [0.1, 0.15) is 29.5 Å². The van der Waals surface area contributed by atoms with Crippen LogP contribution in [-0.2, 0) is 12.5 Å². The number of carbonyl (C=O) groups excluding carboxylic acids is 1. The minimum absolute atomic E-state index is 0.0278. The Bertz CT molecular complexity index is 1730. The van der Waals surface area contributed by atoms with Gasteiger partial charge in [-0.2, -0.15) is 10.2 Å². The van der Waals surface area contributed by atoms with Crippen molar-refractivity contribution in [2.24, 2.45) is 7.05 Å². The van der Waals surface area contributed by atoms with Crippen LogP contribution in [0.5, 0.6) is 0 Å². The molecule has 41 heavy (non-hydrogen) atoms. The Morgan fingerprint density at radius 2 is 1.71 bits per heavy atom. The number of anilines is 3. The summed E-state index contributed by atoms with van der Waals surface area (Å²) in [5.41, 5.74) is 4.29. The van der Waals surface area contributed by atoms with Crippen LogP contribution in [-0.4, -0.2) is 42.6 Å². The van der Waals surface area contributed by atoms with Crippen molar-refractivity contribution >= 4 is 34.4 Å². The van der Waals surface area contributed by atoms with Crippen LogP contribution in [0.4, 0.5) is 26.5 Å². The molecule has 5 aromatic rings. The van der Waals surface area contributed by atoms with Crippen molar-refractivity contribution in [1.82, 2.24) is 29.5 Å². The van der Waals surface area contributed by atoms with Gasteiger partial charge in [-0.25, -0.2) is 28.5 Å². The van der Waals surface area contributed by atoms with Crippen LogP contribution in [0.2, 0.25) is 0 Å². The van der Waals surface area contributed by atoms with E-state index in [0.717, 1.165) is 11.4 Å². The van der Waals surface area contributed by atoms with Crippen molar-refractivity contribution in [2.45, 2.75) is 46.0 Å². The monoisotopic (exact) mass is 555 g/mol. The lowest BCUT2D eigenvalue weighted by molar-refractivity contribution is 0.262. The number of aromatic nitrogens is 6. The molecule has 3 aromatic heterocycles. The van der Waals surface area contributed by atoms with Gasteiger partial charge in [-0.05, 0) is 35.7 Å². The Kier molecular flexibility index (Phi) is 7.20. The number of urea groups is 1. The van der Waals surface area contributed by atoms with Crippen molar-refractivity contribution in [2.75, 3.05) is 23.0 Å². The zero-order valence-corrected chi connectivity index (χ0v) is 24.2. The third-order valence-corrected chi connectivity index (χ3v) is 6.87. The first-order chi connectivity index (χ1) is 19.5. The standard InChI is InChI=1S/C30H34FN9O/c1-17(2)18-8-11-20(12-9-18)40-24(15-23(37-40)30(3,4)5)36-29(41)35-22-13-10-19(14-21(22)31)26-25-27(32-6)33-16-34-28(25)39(7)38-26/h8-17H,1-7H3,(H,32,33,34)(H2,35,36,41). The molecule has 2 aromatic carbocycles. The van der Waals surface area contributed by atoms with Crippen LogP contribution in [0.3, 0.4) is 0 Å². The highest BCUT2D eigenvalue weighted by atomic mass is 19.1. The largest absolute Gasteiger partial charge is 0.372 e. The molecule has 0 bridgehead atoms. The van der Waals surface area contributed by atoms with Crippen molar-refractivity contribution in [3.8, 4) is 16.9 Å². The fourth-order valence-electron chi connectivity index (χ4n) is 4.55. The number of hydrogen-bond donors (Lipinski definition) is 3. The number of nitrogens with zero attached hydrogens (tertiary/aromatic N) is 6. The van der Waals surface area contributed by atoms with Gasteiger partial charge in [0.2, 0.25) is 0 Å². The maximum atomic E-state index is 15.3. The first-order valence-electron chi connectivity index (χ1n) is 13.4. The highest BCUT2D eigenvalue weighted by molar-refractivity contribution is 6.01. The van der Waals surface area contributed by atoms with Crippen LogP contribution in [0.25, 0.3) is 28.0 Å². The number of amides is 2. The number of halogens is 1. The van der Waals surface area contributed by atoms with Crippen molar-refractivity contribution in [1.29, 1.82) is 0 Å². The third-order valence-electron chi connectivity index (χ3n) is 6.87. The summed E-state index contributed by atoms with van der Waals surface area (Å²) >= 11 is 0. The number of fused-ring (bicyclic) bond motifs is 1. The molecule has 0 aliphatic rings. The minimum atomic E-state index is -0.604. The molecule has 0 aliphatic heterocycles. The molecule has 0 radical (unpaired) electrons. The number of benzene rings is 2. The van der Waals surface area contributed by atoms with Gasteiger partial charge in [0.15, 0.2) is 5.65 Å². The second-order valence-electron chi connectivity index (χ2n) is 11.2. The average molecular weight is 556 g/mol. The molecule has 0 fully saturated rings.